The molecule has 0 aliphatic heterocycles. The van der Waals surface area contributed by atoms with Crippen LogP contribution in [0, 0.1) is 0 Å². The number of amides is 1. The summed E-state index contributed by atoms with van der Waals surface area (Å²) in [6.45, 7) is 1.73. The van der Waals surface area contributed by atoms with Crippen LogP contribution in [0.5, 0.6) is 5.75 Å². The van der Waals surface area contributed by atoms with Crippen molar-refractivity contribution in [3.63, 3.8) is 0 Å². The SMILES string of the molecule is COCCn1c(-c2nc(C(=O)NCc3cccc(OC)c3)cs2)cc2ccccc21. The van der Waals surface area contributed by atoms with Crippen molar-refractivity contribution in [3.05, 3.63) is 71.2 Å². The van der Waals surface area contributed by atoms with E-state index in [9.17, 15) is 4.79 Å². The van der Waals surface area contributed by atoms with Crippen LogP contribution in [0.2, 0.25) is 0 Å². The van der Waals surface area contributed by atoms with Crippen LogP contribution in [0.1, 0.15) is 16.1 Å². The van der Waals surface area contributed by atoms with Crippen LogP contribution < -0.4 is 10.1 Å². The van der Waals surface area contributed by atoms with E-state index >= 15 is 0 Å². The molecule has 0 spiro atoms. The second-order valence-electron chi connectivity index (χ2n) is 6.80. The third kappa shape index (κ3) is 4.22. The molecule has 0 unspecified atom stereocenters. The summed E-state index contributed by atoms with van der Waals surface area (Å²) in [5, 5.41) is 6.69. The van der Waals surface area contributed by atoms with Crippen molar-refractivity contribution < 1.29 is 14.3 Å². The van der Waals surface area contributed by atoms with Crippen molar-refractivity contribution in [3.8, 4) is 16.5 Å². The third-order valence-electron chi connectivity index (χ3n) is 4.87. The molecule has 0 saturated carbocycles. The lowest BCUT2D eigenvalue weighted by Gasteiger charge is -2.08. The van der Waals surface area contributed by atoms with Crippen LogP contribution in [0.3, 0.4) is 0 Å². The molecule has 0 bridgehead atoms. The van der Waals surface area contributed by atoms with Crippen LogP contribution in [-0.4, -0.2) is 36.3 Å². The molecule has 2 aromatic carbocycles. The lowest BCUT2D eigenvalue weighted by molar-refractivity contribution is 0.0946. The number of benzene rings is 2. The van der Waals surface area contributed by atoms with Gasteiger partial charge in [0, 0.05) is 36.5 Å². The zero-order valence-electron chi connectivity index (χ0n) is 16.9. The Kier molecular flexibility index (Phi) is 6.11. The Morgan fingerprint density at radius 3 is 2.83 bits per heavy atom. The molecular formula is C23H23N3O3S. The molecular weight excluding hydrogens is 398 g/mol. The van der Waals surface area contributed by atoms with Gasteiger partial charge in [-0.3, -0.25) is 4.79 Å². The molecule has 0 saturated heterocycles. The number of aromatic nitrogens is 2. The number of hydrogen-bond donors (Lipinski definition) is 1. The minimum atomic E-state index is -0.195. The van der Waals surface area contributed by atoms with E-state index in [1.807, 2.05) is 36.4 Å². The van der Waals surface area contributed by atoms with Gasteiger partial charge in [-0.25, -0.2) is 4.98 Å². The number of hydrogen-bond acceptors (Lipinski definition) is 5. The predicted molar refractivity (Wildman–Crippen MR) is 119 cm³/mol. The minimum absolute atomic E-state index is 0.195. The fourth-order valence-corrected chi connectivity index (χ4v) is 4.19. The average Bonchev–Trinajstić information content (AvgIpc) is 3.41. The molecule has 0 atom stereocenters. The fraction of sp³-hybridized carbons (Fsp3) is 0.217. The number of carbonyl (C=O) groups excluding carboxylic acids is 1. The summed E-state index contributed by atoms with van der Waals surface area (Å²) < 4.78 is 12.7. The van der Waals surface area contributed by atoms with Gasteiger partial charge in [0.2, 0.25) is 0 Å². The number of nitrogens with one attached hydrogen (secondary N) is 1. The van der Waals surface area contributed by atoms with Gasteiger partial charge in [-0.05, 0) is 29.8 Å². The average molecular weight is 422 g/mol. The maximum Gasteiger partial charge on any atom is 0.271 e. The Morgan fingerprint density at radius 2 is 2.00 bits per heavy atom. The summed E-state index contributed by atoms with van der Waals surface area (Å²) in [4.78, 5) is 17.2. The van der Waals surface area contributed by atoms with Crippen molar-refractivity contribution in [2.24, 2.45) is 0 Å². The maximum atomic E-state index is 12.6. The van der Waals surface area contributed by atoms with E-state index in [0.29, 0.717) is 18.8 Å². The number of thiazole rings is 1. The van der Waals surface area contributed by atoms with E-state index in [1.165, 1.54) is 11.3 Å². The molecule has 4 rings (SSSR count). The Bertz CT molecular complexity index is 1170. The fourth-order valence-electron chi connectivity index (χ4n) is 3.36. The molecule has 0 fully saturated rings. The zero-order valence-corrected chi connectivity index (χ0v) is 17.7. The predicted octanol–water partition coefficient (Wildman–Crippen LogP) is 4.35. The highest BCUT2D eigenvalue weighted by molar-refractivity contribution is 7.13. The first-order chi connectivity index (χ1) is 14.7. The normalized spacial score (nSPS) is 11.0. The van der Waals surface area contributed by atoms with E-state index in [1.54, 1.807) is 19.6 Å². The lowest BCUT2D eigenvalue weighted by Crippen LogP contribution is -2.23. The minimum Gasteiger partial charge on any atom is -0.497 e. The summed E-state index contributed by atoms with van der Waals surface area (Å²) in [7, 11) is 3.32. The summed E-state index contributed by atoms with van der Waals surface area (Å²) in [6, 6.07) is 18.0. The topological polar surface area (TPSA) is 65.4 Å². The van der Waals surface area contributed by atoms with Crippen molar-refractivity contribution >= 4 is 28.1 Å². The molecule has 154 valence electrons. The second kappa shape index (κ2) is 9.11. The van der Waals surface area contributed by atoms with Crippen molar-refractivity contribution in [1.29, 1.82) is 0 Å². The number of para-hydroxylation sites is 1. The molecule has 0 aliphatic rings. The van der Waals surface area contributed by atoms with Gasteiger partial charge in [0.25, 0.3) is 5.91 Å². The van der Waals surface area contributed by atoms with E-state index in [4.69, 9.17) is 9.47 Å². The molecule has 7 heteroatoms. The van der Waals surface area contributed by atoms with Crippen LogP contribution in [0.4, 0.5) is 0 Å². The number of carbonyl (C=O) groups is 1. The molecule has 0 aliphatic carbocycles. The van der Waals surface area contributed by atoms with Gasteiger partial charge in [-0.2, -0.15) is 0 Å². The van der Waals surface area contributed by atoms with Gasteiger partial charge < -0.3 is 19.4 Å². The standard InChI is InChI=1S/C23H23N3O3S/c1-28-11-10-26-20-9-4-3-7-17(20)13-21(26)23-25-19(15-30-23)22(27)24-14-16-6-5-8-18(12-16)29-2/h3-9,12-13,15H,10-11,14H2,1-2H3,(H,24,27). The Balaban J connectivity index is 1.54. The first kappa shape index (κ1) is 20.1. The maximum absolute atomic E-state index is 12.6. The first-order valence-corrected chi connectivity index (χ1v) is 10.5. The highest BCUT2D eigenvalue weighted by atomic mass is 32.1. The lowest BCUT2D eigenvalue weighted by atomic mass is 10.2. The van der Waals surface area contributed by atoms with Gasteiger partial charge in [0.05, 0.1) is 19.4 Å². The van der Waals surface area contributed by atoms with Gasteiger partial charge >= 0.3 is 0 Å². The van der Waals surface area contributed by atoms with E-state index in [0.717, 1.165) is 39.5 Å². The van der Waals surface area contributed by atoms with E-state index in [2.05, 4.69) is 33.1 Å². The van der Waals surface area contributed by atoms with Gasteiger partial charge in [0.1, 0.15) is 16.5 Å². The molecule has 2 heterocycles. The summed E-state index contributed by atoms with van der Waals surface area (Å²) in [5.41, 5.74) is 3.51. The van der Waals surface area contributed by atoms with Crippen molar-refractivity contribution in [1.82, 2.24) is 14.9 Å². The number of nitrogens with zero attached hydrogens (tertiary/aromatic N) is 2. The van der Waals surface area contributed by atoms with E-state index in [-0.39, 0.29) is 5.91 Å². The third-order valence-corrected chi connectivity index (χ3v) is 5.74. The van der Waals surface area contributed by atoms with Gasteiger partial charge in [-0.15, -0.1) is 11.3 Å². The Labute approximate surface area is 179 Å². The number of rotatable bonds is 8. The molecule has 30 heavy (non-hydrogen) atoms. The molecule has 4 aromatic rings. The number of ether oxygens (including phenoxy) is 2. The Morgan fingerprint density at radius 1 is 1.13 bits per heavy atom. The quantitative estimate of drug-likeness (QED) is 0.459. The smallest absolute Gasteiger partial charge is 0.271 e. The second-order valence-corrected chi connectivity index (χ2v) is 7.66. The molecule has 1 amide bonds. The van der Waals surface area contributed by atoms with Gasteiger partial charge in [-0.1, -0.05) is 30.3 Å². The van der Waals surface area contributed by atoms with Gasteiger partial charge in [0.15, 0.2) is 0 Å². The zero-order chi connectivity index (χ0) is 20.9. The Hall–Kier alpha value is -3.16. The molecule has 0 radical (unpaired) electrons. The van der Waals surface area contributed by atoms with Crippen LogP contribution >= 0.6 is 11.3 Å². The number of fused-ring (bicyclic) bond motifs is 1. The van der Waals surface area contributed by atoms with Crippen molar-refractivity contribution in [2.45, 2.75) is 13.1 Å². The first-order valence-electron chi connectivity index (χ1n) is 9.64. The molecule has 6 nitrogen and oxygen atoms in total. The number of methoxy groups -OCH3 is 2. The van der Waals surface area contributed by atoms with Crippen LogP contribution in [0.15, 0.2) is 60.0 Å². The monoisotopic (exact) mass is 421 g/mol. The summed E-state index contributed by atoms with van der Waals surface area (Å²) in [5.74, 6) is 0.571. The molecule has 2 aromatic heterocycles. The summed E-state index contributed by atoms with van der Waals surface area (Å²) in [6.07, 6.45) is 0. The van der Waals surface area contributed by atoms with E-state index < -0.39 is 0 Å². The largest absolute Gasteiger partial charge is 0.497 e. The van der Waals surface area contributed by atoms with Crippen LogP contribution in [0.25, 0.3) is 21.6 Å². The van der Waals surface area contributed by atoms with Crippen molar-refractivity contribution in [2.75, 3.05) is 20.8 Å². The van der Waals surface area contributed by atoms with Crippen LogP contribution in [-0.2, 0) is 17.8 Å². The highest BCUT2D eigenvalue weighted by Gasteiger charge is 2.16. The highest BCUT2D eigenvalue weighted by Crippen LogP contribution is 2.30. The summed E-state index contributed by atoms with van der Waals surface area (Å²) >= 11 is 1.47. The molecule has 1 N–H and O–H groups in total.